The van der Waals surface area contributed by atoms with Crippen LogP contribution in [0, 0.1) is 0 Å². The van der Waals surface area contributed by atoms with Crippen LogP contribution in [0.25, 0.3) is 0 Å². The molecule has 162 valence electrons. The van der Waals surface area contributed by atoms with Crippen LogP contribution >= 0.6 is 0 Å². The van der Waals surface area contributed by atoms with E-state index in [1.54, 1.807) is 18.4 Å². The number of furan rings is 1. The lowest BCUT2D eigenvalue weighted by molar-refractivity contribution is 0.0914. The summed E-state index contributed by atoms with van der Waals surface area (Å²) in [7, 11) is -3.34. The summed E-state index contributed by atoms with van der Waals surface area (Å²) in [6, 6.07) is 8.96. The van der Waals surface area contributed by atoms with E-state index in [0.29, 0.717) is 24.2 Å². The fraction of sp³-hybridized carbons (Fsp3) is 0.500. The van der Waals surface area contributed by atoms with Gasteiger partial charge in [-0.25, -0.2) is 8.42 Å². The quantitative estimate of drug-likeness (QED) is 0.760. The highest BCUT2D eigenvalue weighted by Gasteiger charge is 2.33. The van der Waals surface area contributed by atoms with Crippen LogP contribution in [0.5, 0.6) is 0 Å². The van der Waals surface area contributed by atoms with Crippen LogP contribution < -0.4 is 9.62 Å². The molecule has 2 atom stereocenters. The summed E-state index contributed by atoms with van der Waals surface area (Å²) in [5.41, 5.74) is 2.11. The van der Waals surface area contributed by atoms with Gasteiger partial charge in [0.15, 0.2) is 0 Å². The highest BCUT2D eigenvalue weighted by atomic mass is 32.2. The van der Waals surface area contributed by atoms with Crippen LogP contribution in [0.1, 0.15) is 53.9 Å². The van der Waals surface area contributed by atoms with E-state index in [9.17, 15) is 13.2 Å². The van der Waals surface area contributed by atoms with Gasteiger partial charge in [0.2, 0.25) is 10.0 Å². The molecule has 2 aliphatic rings. The first-order chi connectivity index (χ1) is 14.3. The van der Waals surface area contributed by atoms with Crippen molar-refractivity contribution >= 4 is 21.6 Å². The highest BCUT2D eigenvalue weighted by Crippen LogP contribution is 2.34. The van der Waals surface area contributed by atoms with Gasteiger partial charge in [-0.2, -0.15) is 0 Å². The number of benzene rings is 1. The van der Waals surface area contributed by atoms with Gasteiger partial charge in [-0.05, 0) is 75.2 Å². The molecule has 2 aromatic rings. The molecule has 1 saturated heterocycles. The van der Waals surface area contributed by atoms with E-state index in [4.69, 9.17) is 4.42 Å². The first kappa shape index (κ1) is 20.9. The van der Waals surface area contributed by atoms with Crippen molar-refractivity contribution in [1.82, 2.24) is 10.2 Å². The van der Waals surface area contributed by atoms with E-state index in [0.717, 1.165) is 37.3 Å². The second-order valence-electron chi connectivity index (χ2n) is 8.29. The Labute approximate surface area is 178 Å². The predicted octanol–water partition coefficient (Wildman–Crippen LogP) is 2.95. The molecule has 0 spiro atoms. The van der Waals surface area contributed by atoms with Gasteiger partial charge in [-0.15, -0.1) is 0 Å². The molecular weight excluding hydrogens is 402 g/mol. The Balaban J connectivity index is 1.48. The number of anilines is 1. The van der Waals surface area contributed by atoms with Gasteiger partial charge in [0, 0.05) is 18.2 Å². The number of amides is 1. The van der Waals surface area contributed by atoms with E-state index in [2.05, 4.69) is 10.2 Å². The minimum absolute atomic E-state index is 0.0134. The molecule has 30 heavy (non-hydrogen) atoms. The van der Waals surface area contributed by atoms with Crippen LogP contribution in [0.15, 0.2) is 41.0 Å². The Hall–Kier alpha value is -2.32. The van der Waals surface area contributed by atoms with Crippen molar-refractivity contribution in [3.8, 4) is 0 Å². The first-order valence-electron chi connectivity index (χ1n) is 10.5. The van der Waals surface area contributed by atoms with Crippen molar-refractivity contribution in [1.29, 1.82) is 0 Å². The van der Waals surface area contributed by atoms with Crippen molar-refractivity contribution in [3.63, 3.8) is 0 Å². The largest absolute Gasteiger partial charge is 0.468 e. The number of rotatable bonds is 6. The molecule has 1 aromatic heterocycles. The summed E-state index contributed by atoms with van der Waals surface area (Å²) in [6.07, 6.45) is 7.05. The molecule has 8 heteroatoms. The number of hydrogen-bond acceptors (Lipinski definition) is 5. The van der Waals surface area contributed by atoms with Crippen molar-refractivity contribution in [2.24, 2.45) is 0 Å². The van der Waals surface area contributed by atoms with E-state index < -0.39 is 10.0 Å². The van der Waals surface area contributed by atoms with Crippen molar-refractivity contribution in [2.75, 3.05) is 30.2 Å². The van der Waals surface area contributed by atoms with Gasteiger partial charge >= 0.3 is 0 Å². The van der Waals surface area contributed by atoms with Crippen LogP contribution in [-0.2, 0) is 16.4 Å². The zero-order valence-corrected chi connectivity index (χ0v) is 18.3. The topological polar surface area (TPSA) is 82.9 Å². The van der Waals surface area contributed by atoms with Crippen LogP contribution in [0.4, 0.5) is 5.69 Å². The SMILES string of the molecule is CC1Cc2cc(C(=O)NCC(c3ccco3)N3CCCCC3)ccc2N1S(C)(=O)=O. The molecule has 1 amide bonds. The maximum absolute atomic E-state index is 12.9. The third kappa shape index (κ3) is 4.25. The predicted molar refractivity (Wildman–Crippen MR) is 116 cm³/mol. The lowest BCUT2D eigenvalue weighted by atomic mass is 10.1. The van der Waals surface area contributed by atoms with Crippen molar-refractivity contribution in [3.05, 3.63) is 53.5 Å². The summed E-state index contributed by atoms with van der Waals surface area (Å²) >= 11 is 0. The van der Waals surface area contributed by atoms with Crippen molar-refractivity contribution < 1.29 is 17.6 Å². The Bertz CT molecular complexity index is 997. The number of nitrogens with one attached hydrogen (secondary N) is 1. The summed E-state index contributed by atoms with van der Waals surface area (Å²) in [5.74, 6) is 0.709. The molecule has 0 bridgehead atoms. The monoisotopic (exact) mass is 431 g/mol. The number of hydrogen-bond donors (Lipinski definition) is 1. The van der Waals surface area contributed by atoms with Gasteiger partial charge in [-0.3, -0.25) is 14.0 Å². The maximum atomic E-state index is 12.9. The fourth-order valence-corrected chi connectivity index (χ4v) is 5.93. The molecule has 1 N–H and O–H groups in total. The average molecular weight is 432 g/mol. The molecule has 3 heterocycles. The number of nitrogens with zero attached hydrogens (tertiary/aromatic N) is 2. The molecule has 2 unspecified atom stereocenters. The fourth-order valence-electron chi connectivity index (χ4n) is 4.66. The second kappa shape index (κ2) is 8.43. The van der Waals surface area contributed by atoms with Gasteiger partial charge in [0.1, 0.15) is 5.76 Å². The normalized spacial score (nSPS) is 20.7. The molecule has 0 saturated carbocycles. The smallest absolute Gasteiger partial charge is 0.251 e. The van der Waals surface area contributed by atoms with Gasteiger partial charge in [0.05, 0.1) is 24.2 Å². The molecule has 1 aromatic carbocycles. The third-order valence-electron chi connectivity index (χ3n) is 6.01. The number of sulfonamides is 1. The molecule has 2 aliphatic heterocycles. The number of piperidine rings is 1. The summed E-state index contributed by atoms with van der Waals surface area (Å²) in [6.45, 7) is 4.35. The molecular formula is C22H29N3O4S. The summed E-state index contributed by atoms with van der Waals surface area (Å²) < 4.78 is 31.3. The first-order valence-corrected chi connectivity index (χ1v) is 12.4. The molecule has 0 radical (unpaired) electrons. The van der Waals surface area contributed by atoms with E-state index in [1.165, 1.54) is 17.0 Å². The van der Waals surface area contributed by atoms with Crippen LogP contribution in [0.3, 0.4) is 0 Å². The lowest BCUT2D eigenvalue weighted by Crippen LogP contribution is -2.40. The van der Waals surface area contributed by atoms with E-state index >= 15 is 0 Å². The van der Waals surface area contributed by atoms with Gasteiger partial charge in [0.25, 0.3) is 5.91 Å². The summed E-state index contributed by atoms with van der Waals surface area (Å²) in [4.78, 5) is 15.2. The van der Waals surface area contributed by atoms with Crippen LogP contribution in [-0.4, -0.2) is 51.2 Å². The Morgan fingerprint density at radius 2 is 2.00 bits per heavy atom. The Morgan fingerprint density at radius 1 is 1.23 bits per heavy atom. The van der Waals surface area contributed by atoms with E-state index in [1.807, 2.05) is 25.1 Å². The maximum Gasteiger partial charge on any atom is 0.251 e. The average Bonchev–Trinajstić information content (AvgIpc) is 3.34. The molecule has 7 nitrogen and oxygen atoms in total. The zero-order chi connectivity index (χ0) is 21.3. The zero-order valence-electron chi connectivity index (χ0n) is 17.5. The van der Waals surface area contributed by atoms with Crippen LogP contribution in [0.2, 0.25) is 0 Å². The minimum Gasteiger partial charge on any atom is -0.468 e. The summed E-state index contributed by atoms with van der Waals surface area (Å²) in [5, 5.41) is 3.06. The van der Waals surface area contributed by atoms with E-state index in [-0.39, 0.29) is 18.0 Å². The number of carbonyl (C=O) groups excluding carboxylic acids is 1. The lowest BCUT2D eigenvalue weighted by Gasteiger charge is -2.33. The standard InChI is InChI=1S/C22H29N3O4S/c1-16-13-18-14-17(8-9-19(18)25(16)30(2,27)28)22(26)23-15-20(21-7-6-12-29-21)24-10-4-3-5-11-24/h6-9,12,14,16,20H,3-5,10-11,13,15H2,1-2H3,(H,23,26). The Kier molecular flexibility index (Phi) is 5.88. The second-order valence-corrected chi connectivity index (χ2v) is 10.2. The molecule has 0 aliphatic carbocycles. The number of carbonyl (C=O) groups is 1. The minimum atomic E-state index is -3.34. The highest BCUT2D eigenvalue weighted by molar-refractivity contribution is 7.92. The molecule has 1 fully saturated rings. The van der Waals surface area contributed by atoms with Gasteiger partial charge < -0.3 is 9.73 Å². The Morgan fingerprint density at radius 3 is 2.67 bits per heavy atom. The third-order valence-corrected chi connectivity index (χ3v) is 7.28. The number of fused-ring (bicyclic) bond motifs is 1. The van der Waals surface area contributed by atoms with Crippen molar-refractivity contribution in [2.45, 2.75) is 44.7 Å². The van der Waals surface area contributed by atoms with Gasteiger partial charge in [-0.1, -0.05) is 6.42 Å². The molecule has 4 rings (SSSR count). The number of likely N-dealkylation sites (tertiary alicyclic amines) is 1.